The number of aliphatic carboxylic acids is 1. The van der Waals surface area contributed by atoms with Crippen LogP contribution in [0.3, 0.4) is 0 Å². The Morgan fingerprint density at radius 3 is 2.17 bits per heavy atom. The summed E-state index contributed by atoms with van der Waals surface area (Å²) in [4.78, 5) is 12.1. The van der Waals surface area contributed by atoms with Crippen LogP contribution < -0.4 is 14.2 Å². The Bertz CT molecular complexity index is 1020. The number of methoxy groups -OCH3 is 3. The molecule has 8 heteroatoms. The van der Waals surface area contributed by atoms with Gasteiger partial charge < -0.3 is 28.8 Å². The van der Waals surface area contributed by atoms with E-state index in [1.54, 1.807) is 30.3 Å². The van der Waals surface area contributed by atoms with Crippen LogP contribution in [-0.2, 0) is 10.4 Å². The minimum atomic E-state index is -2.50. The molecule has 0 aliphatic heterocycles. The van der Waals surface area contributed by atoms with Gasteiger partial charge in [-0.15, -0.1) is 0 Å². The lowest BCUT2D eigenvalue weighted by Gasteiger charge is -2.24. The molecule has 2 aromatic carbocycles. The van der Waals surface area contributed by atoms with Gasteiger partial charge in [-0.25, -0.2) is 4.79 Å². The van der Waals surface area contributed by atoms with E-state index in [0.717, 1.165) is 0 Å². The standard InChI is InChI=1S/C21H19ClO7/c1-26-16-10-13(11-17(27-2)19(16)28-3)21(25,20(23)24)18-8-7-15(29-18)12-5-4-6-14(22)9-12/h4-11,25H,1-3H3,(H,23,24). The highest BCUT2D eigenvalue weighted by Gasteiger charge is 2.44. The zero-order valence-corrected chi connectivity index (χ0v) is 16.7. The van der Waals surface area contributed by atoms with Gasteiger partial charge in [0, 0.05) is 16.1 Å². The Hall–Kier alpha value is -3.16. The highest BCUT2D eigenvalue weighted by Crippen LogP contribution is 2.43. The Morgan fingerprint density at radius 1 is 1.00 bits per heavy atom. The van der Waals surface area contributed by atoms with Crippen LogP contribution in [0.15, 0.2) is 52.9 Å². The zero-order valence-electron chi connectivity index (χ0n) is 15.9. The SMILES string of the molecule is COc1cc(C(O)(C(=O)O)c2ccc(-c3cccc(Cl)c3)o2)cc(OC)c1OC. The molecule has 1 unspecified atom stereocenters. The molecule has 0 fully saturated rings. The number of carboxylic acids is 1. The van der Waals surface area contributed by atoms with Crippen LogP contribution in [0.1, 0.15) is 11.3 Å². The maximum atomic E-state index is 12.1. The summed E-state index contributed by atoms with van der Waals surface area (Å²) in [5.74, 6) is -0.695. The average Bonchev–Trinajstić information content (AvgIpc) is 3.22. The van der Waals surface area contributed by atoms with E-state index in [1.807, 2.05) is 0 Å². The van der Waals surface area contributed by atoms with E-state index in [0.29, 0.717) is 16.3 Å². The molecule has 0 bridgehead atoms. The van der Waals surface area contributed by atoms with E-state index in [9.17, 15) is 15.0 Å². The van der Waals surface area contributed by atoms with Crippen LogP contribution >= 0.6 is 11.6 Å². The predicted molar refractivity (Wildman–Crippen MR) is 106 cm³/mol. The van der Waals surface area contributed by atoms with Gasteiger partial charge in [0.2, 0.25) is 11.4 Å². The second-order valence-electron chi connectivity index (χ2n) is 6.10. The first kappa shape index (κ1) is 20.6. The van der Waals surface area contributed by atoms with Crippen molar-refractivity contribution in [1.29, 1.82) is 0 Å². The molecule has 1 heterocycles. The molecule has 29 heavy (non-hydrogen) atoms. The highest BCUT2D eigenvalue weighted by atomic mass is 35.5. The van der Waals surface area contributed by atoms with Crippen molar-refractivity contribution < 1.29 is 33.6 Å². The van der Waals surface area contributed by atoms with Gasteiger partial charge in [0.25, 0.3) is 0 Å². The Labute approximate surface area is 172 Å². The van der Waals surface area contributed by atoms with E-state index < -0.39 is 11.6 Å². The van der Waals surface area contributed by atoms with Gasteiger partial charge in [0.15, 0.2) is 17.3 Å². The first-order valence-corrected chi connectivity index (χ1v) is 8.85. The van der Waals surface area contributed by atoms with Crippen LogP contribution in [-0.4, -0.2) is 37.5 Å². The van der Waals surface area contributed by atoms with Crippen LogP contribution in [0.5, 0.6) is 17.2 Å². The molecule has 3 rings (SSSR count). The fourth-order valence-corrected chi connectivity index (χ4v) is 3.18. The number of halogens is 1. The zero-order chi connectivity index (χ0) is 21.2. The Kier molecular flexibility index (Phi) is 5.72. The Morgan fingerprint density at radius 2 is 1.66 bits per heavy atom. The van der Waals surface area contributed by atoms with Gasteiger partial charge in [0.05, 0.1) is 21.3 Å². The minimum absolute atomic E-state index is 0.0218. The largest absolute Gasteiger partial charge is 0.493 e. The van der Waals surface area contributed by atoms with Crippen LogP contribution in [0.4, 0.5) is 0 Å². The van der Waals surface area contributed by atoms with E-state index in [2.05, 4.69) is 0 Å². The molecule has 7 nitrogen and oxygen atoms in total. The fourth-order valence-electron chi connectivity index (χ4n) is 2.99. The van der Waals surface area contributed by atoms with Crippen molar-refractivity contribution in [2.45, 2.75) is 5.60 Å². The lowest BCUT2D eigenvalue weighted by molar-refractivity contribution is -0.156. The summed E-state index contributed by atoms with van der Waals surface area (Å²) in [5.41, 5.74) is -1.88. The molecule has 0 aliphatic carbocycles. The number of hydrogen-bond acceptors (Lipinski definition) is 6. The Balaban J connectivity index is 2.16. The number of furan rings is 1. The summed E-state index contributed by atoms with van der Waals surface area (Å²) in [5, 5.41) is 21.5. The summed E-state index contributed by atoms with van der Waals surface area (Å²) in [6, 6.07) is 12.5. The van der Waals surface area contributed by atoms with Crippen molar-refractivity contribution in [1.82, 2.24) is 0 Å². The van der Waals surface area contributed by atoms with Gasteiger partial charge in [-0.1, -0.05) is 23.7 Å². The van der Waals surface area contributed by atoms with Gasteiger partial charge >= 0.3 is 5.97 Å². The number of hydrogen-bond donors (Lipinski definition) is 2. The van der Waals surface area contributed by atoms with Crippen molar-refractivity contribution in [3.8, 4) is 28.6 Å². The molecule has 0 radical (unpaired) electrons. The molecular weight excluding hydrogens is 400 g/mol. The third kappa shape index (κ3) is 3.62. The lowest BCUT2D eigenvalue weighted by Crippen LogP contribution is -2.36. The summed E-state index contributed by atoms with van der Waals surface area (Å²) in [7, 11) is 4.21. The van der Waals surface area contributed by atoms with Crippen molar-refractivity contribution in [2.24, 2.45) is 0 Å². The summed E-state index contributed by atoms with van der Waals surface area (Å²) >= 11 is 6.01. The normalized spacial score (nSPS) is 12.9. The second kappa shape index (κ2) is 8.06. The maximum absolute atomic E-state index is 12.1. The molecule has 1 atom stereocenters. The van der Waals surface area contributed by atoms with Gasteiger partial charge in [-0.2, -0.15) is 0 Å². The van der Waals surface area contributed by atoms with Crippen molar-refractivity contribution in [3.63, 3.8) is 0 Å². The van der Waals surface area contributed by atoms with Gasteiger partial charge in [-0.3, -0.25) is 0 Å². The molecule has 3 aromatic rings. The minimum Gasteiger partial charge on any atom is -0.493 e. The first-order chi connectivity index (χ1) is 13.8. The van der Waals surface area contributed by atoms with Crippen molar-refractivity contribution in [2.75, 3.05) is 21.3 Å². The molecule has 152 valence electrons. The molecular formula is C21H19ClO7. The van der Waals surface area contributed by atoms with Gasteiger partial charge in [0.1, 0.15) is 5.76 Å². The van der Waals surface area contributed by atoms with E-state index >= 15 is 0 Å². The van der Waals surface area contributed by atoms with Crippen molar-refractivity contribution >= 4 is 17.6 Å². The van der Waals surface area contributed by atoms with Crippen LogP contribution in [0, 0.1) is 0 Å². The molecule has 0 spiro atoms. The number of benzene rings is 2. The molecule has 0 saturated carbocycles. The average molecular weight is 419 g/mol. The fraction of sp³-hybridized carbons (Fsp3) is 0.190. The van der Waals surface area contributed by atoms with Crippen LogP contribution in [0.25, 0.3) is 11.3 Å². The molecule has 0 saturated heterocycles. The summed E-state index contributed by atoms with van der Waals surface area (Å²) < 4.78 is 21.5. The smallest absolute Gasteiger partial charge is 0.348 e. The monoisotopic (exact) mass is 418 g/mol. The van der Waals surface area contributed by atoms with Crippen LogP contribution in [0.2, 0.25) is 5.02 Å². The van der Waals surface area contributed by atoms with Crippen molar-refractivity contribution in [3.05, 3.63) is 64.9 Å². The molecule has 1 aromatic heterocycles. The topological polar surface area (TPSA) is 98.4 Å². The molecule has 0 aliphatic rings. The highest BCUT2D eigenvalue weighted by molar-refractivity contribution is 6.30. The molecule has 0 amide bonds. The quantitative estimate of drug-likeness (QED) is 0.599. The number of rotatable bonds is 7. The number of ether oxygens (including phenoxy) is 3. The third-order valence-corrected chi connectivity index (χ3v) is 4.70. The predicted octanol–water partition coefficient (Wildman–Crippen LogP) is 3.95. The maximum Gasteiger partial charge on any atom is 0.348 e. The van der Waals surface area contributed by atoms with E-state index in [-0.39, 0.29) is 28.6 Å². The lowest BCUT2D eigenvalue weighted by atomic mass is 9.90. The number of carboxylic acid groups (broad SMARTS) is 1. The summed E-state index contributed by atoms with van der Waals surface area (Å²) in [6.45, 7) is 0. The first-order valence-electron chi connectivity index (χ1n) is 8.47. The van der Waals surface area contributed by atoms with E-state index in [4.69, 9.17) is 30.2 Å². The van der Waals surface area contributed by atoms with Gasteiger partial charge in [-0.05, 0) is 36.4 Å². The third-order valence-electron chi connectivity index (χ3n) is 4.46. The second-order valence-corrected chi connectivity index (χ2v) is 6.54. The molecule has 2 N–H and O–H groups in total. The van der Waals surface area contributed by atoms with E-state index in [1.165, 1.54) is 39.5 Å². The summed E-state index contributed by atoms with van der Waals surface area (Å²) in [6.07, 6.45) is 0. The number of carbonyl (C=O) groups is 1. The number of aliphatic hydroxyl groups is 1.